The summed E-state index contributed by atoms with van der Waals surface area (Å²) in [7, 11) is 3.38. The number of nitrogens with one attached hydrogen (secondary N) is 2. The number of rotatable bonds is 7. The first kappa shape index (κ1) is 20.6. The summed E-state index contributed by atoms with van der Waals surface area (Å²) in [5, 5.41) is 6.48. The molecule has 0 saturated heterocycles. The number of hydrogen-bond donors (Lipinski definition) is 2. The van der Waals surface area contributed by atoms with Crippen LogP contribution in [0.4, 0.5) is 5.69 Å². The Kier molecular flexibility index (Phi) is 11.3. The average Bonchev–Trinajstić information content (AvgIpc) is 2.51. The van der Waals surface area contributed by atoms with Crippen LogP contribution in [-0.4, -0.2) is 33.3 Å². The lowest BCUT2D eigenvalue weighted by atomic mass is 10.2. The van der Waals surface area contributed by atoms with Crippen LogP contribution in [0.3, 0.4) is 0 Å². The molecule has 1 rings (SSSR count). The predicted molar refractivity (Wildman–Crippen MR) is 104 cm³/mol. The molecule has 124 valence electrons. The zero-order chi connectivity index (χ0) is 15.5. The van der Waals surface area contributed by atoms with E-state index < -0.39 is 0 Å². The molecule has 0 radical (unpaired) electrons. The zero-order valence-electron chi connectivity index (χ0n) is 13.7. The minimum Gasteiger partial charge on any atom is -0.493 e. The third-order valence-electron chi connectivity index (χ3n) is 2.79. The maximum absolute atomic E-state index is 5.56. The molecule has 0 atom stereocenters. The van der Waals surface area contributed by atoms with Crippen LogP contribution in [0, 0.1) is 0 Å². The second-order valence-corrected chi connectivity index (χ2v) is 4.28. The number of hydrogen-bond acceptors (Lipinski definition) is 3. The van der Waals surface area contributed by atoms with Gasteiger partial charge in [-0.05, 0) is 32.4 Å². The van der Waals surface area contributed by atoms with Gasteiger partial charge in [-0.25, -0.2) is 0 Å². The van der Waals surface area contributed by atoms with Crippen molar-refractivity contribution in [3.63, 3.8) is 0 Å². The van der Waals surface area contributed by atoms with Crippen molar-refractivity contribution in [2.45, 2.75) is 20.3 Å². The maximum atomic E-state index is 5.56. The molecule has 0 heterocycles. The highest BCUT2D eigenvalue weighted by Gasteiger charge is 2.06. The van der Waals surface area contributed by atoms with Gasteiger partial charge in [0.25, 0.3) is 0 Å². The molecular formula is C16H26IN3O2. The molecule has 0 amide bonds. The van der Waals surface area contributed by atoms with Crippen molar-refractivity contribution in [1.82, 2.24) is 5.32 Å². The lowest BCUT2D eigenvalue weighted by Crippen LogP contribution is -2.31. The van der Waals surface area contributed by atoms with Crippen molar-refractivity contribution in [1.29, 1.82) is 0 Å². The normalized spacial score (nSPS) is 11.0. The fourth-order valence-electron chi connectivity index (χ4n) is 1.78. The molecule has 2 N–H and O–H groups in total. The summed E-state index contributed by atoms with van der Waals surface area (Å²) in [5.74, 6) is 2.17. The summed E-state index contributed by atoms with van der Waals surface area (Å²) in [6.45, 7) is 5.38. The van der Waals surface area contributed by atoms with E-state index in [1.165, 1.54) is 0 Å². The van der Waals surface area contributed by atoms with Crippen molar-refractivity contribution in [2.24, 2.45) is 4.99 Å². The largest absolute Gasteiger partial charge is 0.493 e. The van der Waals surface area contributed by atoms with E-state index in [4.69, 9.17) is 9.47 Å². The molecule has 22 heavy (non-hydrogen) atoms. The van der Waals surface area contributed by atoms with E-state index in [1.807, 2.05) is 38.1 Å². The number of benzene rings is 1. The SMILES string of the molecule is C/C=C/CCNC(=NC)Nc1ccc(OC)c(OCC)c1.I. The molecule has 1 aromatic rings. The molecule has 0 aliphatic heterocycles. The Bertz CT molecular complexity index is 490. The van der Waals surface area contributed by atoms with Crippen molar-refractivity contribution in [2.75, 3.05) is 32.6 Å². The highest BCUT2D eigenvalue weighted by molar-refractivity contribution is 14.0. The first-order chi connectivity index (χ1) is 10.2. The molecule has 0 aliphatic rings. The van der Waals surface area contributed by atoms with Gasteiger partial charge in [0, 0.05) is 25.3 Å². The number of halogens is 1. The van der Waals surface area contributed by atoms with E-state index in [-0.39, 0.29) is 24.0 Å². The molecule has 6 heteroatoms. The molecule has 5 nitrogen and oxygen atoms in total. The lowest BCUT2D eigenvalue weighted by Gasteiger charge is -2.14. The molecule has 0 aliphatic carbocycles. The highest BCUT2D eigenvalue weighted by Crippen LogP contribution is 2.30. The molecule has 0 aromatic heterocycles. The van der Waals surface area contributed by atoms with Gasteiger partial charge in [0.05, 0.1) is 13.7 Å². The van der Waals surface area contributed by atoms with Gasteiger partial charge in [0.15, 0.2) is 17.5 Å². The molecular weight excluding hydrogens is 393 g/mol. The fraction of sp³-hybridized carbons (Fsp3) is 0.438. The quantitative estimate of drug-likeness (QED) is 0.233. The van der Waals surface area contributed by atoms with Gasteiger partial charge in [-0.3, -0.25) is 4.99 Å². The van der Waals surface area contributed by atoms with Gasteiger partial charge < -0.3 is 20.1 Å². The summed E-state index contributed by atoms with van der Waals surface area (Å²) in [5.41, 5.74) is 0.901. The summed E-state index contributed by atoms with van der Waals surface area (Å²) in [6.07, 6.45) is 5.11. The van der Waals surface area contributed by atoms with Crippen molar-refractivity contribution in [3.8, 4) is 11.5 Å². The van der Waals surface area contributed by atoms with Crippen molar-refractivity contribution < 1.29 is 9.47 Å². The van der Waals surface area contributed by atoms with Crippen LogP contribution in [0.15, 0.2) is 35.3 Å². The first-order valence-electron chi connectivity index (χ1n) is 7.14. The molecule has 0 bridgehead atoms. The van der Waals surface area contributed by atoms with Crippen LogP contribution in [0.25, 0.3) is 0 Å². The monoisotopic (exact) mass is 419 g/mol. The molecule has 1 aromatic carbocycles. The number of nitrogens with zero attached hydrogens (tertiary/aromatic N) is 1. The van der Waals surface area contributed by atoms with Crippen LogP contribution in [0.1, 0.15) is 20.3 Å². The van der Waals surface area contributed by atoms with Gasteiger partial charge in [-0.15, -0.1) is 24.0 Å². The third-order valence-corrected chi connectivity index (χ3v) is 2.79. The minimum atomic E-state index is 0. The Labute approximate surface area is 150 Å². The number of guanidine groups is 1. The Morgan fingerprint density at radius 3 is 2.68 bits per heavy atom. The van der Waals surface area contributed by atoms with E-state index in [1.54, 1.807) is 14.2 Å². The summed E-state index contributed by atoms with van der Waals surface area (Å²) >= 11 is 0. The first-order valence-corrected chi connectivity index (χ1v) is 7.14. The molecule has 0 spiro atoms. The number of anilines is 1. The lowest BCUT2D eigenvalue weighted by molar-refractivity contribution is 0.311. The molecule has 0 unspecified atom stereocenters. The zero-order valence-corrected chi connectivity index (χ0v) is 16.0. The molecule has 0 fully saturated rings. The standard InChI is InChI=1S/C16H25N3O2.HI/c1-5-7-8-11-18-16(17-3)19-13-9-10-14(20-4)15(12-13)21-6-2;/h5,7,9-10,12H,6,8,11H2,1-4H3,(H2,17,18,19);1H/b7-5+;. The highest BCUT2D eigenvalue weighted by atomic mass is 127. The second kappa shape index (κ2) is 12.1. The maximum Gasteiger partial charge on any atom is 0.195 e. The van der Waals surface area contributed by atoms with Gasteiger partial charge >= 0.3 is 0 Å². The van der Waals surface area contributed by atoms with E-state index in [2.05, 4.69) is 21.7 Å². The molecule has 0 saturated carbocycles. The topological polar surface area (TPSA) is 54.9 Å². The second-order valence-electron chi connectivity index (χ2n) is 4.28. The Balaban J connectivity index is 0.00000441. The van der Waals surface area contributed by atoms with Crippen LogP contribution in [0.5, 0.6) is 11.5 Å². The van der Waals surface area contributed by atoms with Gasteiger partial charge in [-0.1, -0.05) is 12.2 Å². The van der Waals surface area contributed by atoms with Gasteiger partial charge in [0.1, 0.15) is 0 Å². The predicted octanol–water partition coefficient (Wildman–Crippen LogP) is 3.67. The Hall–Kier alpha value is -1.44. The van der Waals surface area contributed by atoms with Crippen LogP contribution in [-0.2, 0) is 0 Å². The van der Waals surface area contributed by atoms with Crippen molar-refractivity contribution in [3.05, 3.63) is 30.4 Å². The van der Waals surface area contributed by atoms with Crippen molar-refractivity contribution >= 4 is 35.6 Å². The number of ether oxygens (including phenoxy) is 2. The number of methoxy groups -OCH3 is 1. The van der Waals surface area contributed by atoms with E-state index in [0.717, 1.165) is 36.1 Å². The van der Waals surface area contributed by atoms with E-state index in [0.29, 0.717) is 6.61 Å². The summed E-state index contributed by atoms with van der Waals surface area (Å²) in [4.78, 5) is 4.20. The van der Waals surface area contributed by atoms with E-state index in [9.17, 15) is 0 Å². The van der Waals surface area contributed by atoms with Crippen LogP contribution >= 0.6 is 24.0 Å². The van der Waals surface area contributed by atoms with E-state index >= 15 is 0 Å². The number of allylic oxidation sites excluding steroid dienone is 1. The summed E-state index contributed by atoms with van der Waals surface area (Å²) < 4.78 is 10.8. The summed E-state index contributed by atoms with van der Waals surface area (Å²) in [6, 6.07) is 5.71. The van der Waals surface area contributed by atoms with Gasteiger partial charge in [-0.2, -0.15) is 0 Å². The Morgan fingerprint density at radius 2 is 2.09 bits per heavy atom. The van der Waals surface area contributed by atoms with Gasteiger partial charge in [0.2, 0.25) is 0 Å². The minimum absolute atomic E-state index is 0. The average molecular weight is 419 g/mol. The third kappa shape index (κ3) is 7.02. The fourth-order valence-corrected chi connectivity index (χ4v) is 1.78. The number of aliphatic imine (C=N–C) groups is 1. The Morgan fingerprint density at radius 1 is 1.32 bits per heavy atom. The van der Waals surface area contributed by atoms with Crippen LogP contribution in [0.2, 0.25) is 0 Å². The smallest absolute Gasteiger partial charge is 0.195 e. The van der Waals surface area contributed by atoms with Crippen LogP contribution < -0.4 is 20.1 Å².